The third kappa shape index (κ3) is 6.51. The van der Waals surface area contributed by atoms with Crippen molar-refractivity contribution in [3.63, 3.8) is 0 Å². The molecule has 20 heavy (non-hydrogen) atoms. The van der Waals surface area contributed by atoms with Crippen LogP contribution in [0.3, 0.4) is 0 Å². The number of hydrogen-bond acceptors (Lipinski definition) is 3. The molecule has 1 unspecified atom stereocenters. The van der Waals surface area contributed by atoms with Gasteiger partial charge in [0.1, 0.15) is 0 Å². The lowest BCUT2D eigenvalue weighted by Gasteiger charge is -2.17. The van der Waals surface area contributed by atoms with Crippen molar-refractivity contribution < 1.29 is 9.47 Å². The number of ether oxygens (including phenoxy) is 2. The molecule has 1 aromatic carbocycles. The van der Waals surface area contributed by atoms with Gasteiger partial charge in [0.2, 0.25) is 0 Å². The van der Waals surface area contributed by atoms with Crippen molar-refractivity contribution in [2.24, 2.45) is 0 Å². The Labute approximate surface area is 123 Å². The van der Waals surface area contributed by atoms with E-state index >= 15 is 0 Å². The second-order valence-corrected chi connectivity index (χ2v) is 5.33. The fourth-order valence-corrected chi connectivity index (χ4v) is 2.10. The topological polar surface area (TPSA) is 30.5 Å². The molecule has 3 nitrogen and oxygen atoms in total. The molecule has 1 atom stereocenters. The first-order valence-corrected chi connectivity index (χ1v) is 7.62. The van der Waals surface area contributed by atoms with Gasteiger partial charge in [-0.05, 0) is 38.4 Å². The standard InChI is InChI=1S/C17H29NO2/c1-5-6-15-7-9-16(10-8-15)17(18-4)13-19-11-12-20-14(2)3/h7-10,14,17-18H,5-6,11-13H2,1-4H3. The quantitative estimate of drug-likeness (QED) is 0.666. The Morgan fingerprint density at radius 3 is 2.35 bits per heavy atom. The van der Waals surface area contributed by atoms with Gasteiger partial charge in [0.05, 0.1) is 32.0 Å². The normalized spacial score (nSPS) is 12.8. The molecule has 114 valence electrons. The smallest absolute Gasteiger partial charge is 0.0703 e. The molecule has 0 aliphatic heterocycles. The van der Waals surface area contributed by atoms with Crippen LogP contribution in [0, 0.1) is 0 Å². The monoisotopic (exact) mass is 279 g/mol. The molecule has 1 rings (SSSR count). The van der Waals surface area contributed by atoms with Crippen molar-refractivity contribution in [1.29, 1.82) is 0 Å². The van der Waals surface area contributed by atoms with Crippen LogP contribution in [0.5, 0.6) is 0 Å². The molecule has 0 fully saturated rings. The maximum absolute atomic E-state index is 5.68. The van der Waals surface area contributed by atoms with E-state index in [4.69, 9.17) is 9.47 Å². The third-order valence-corrected chi connectivity index (χ3v) is 3.23. The number of benzene rings is 1. The summed E-state index contributed by atoms with van der Waals surface area (Å²) < 4.78 is 11.1. The second-order valence-electron chi connectivity index (χ2n) is 5.33. The molecule has 0 saturated heterocycles. The first-order valence-electron chi connectivity index (χ1n) is 7.62. The van der Waals surface area contributed by atoms with Crippen LogP contribution in [0.15, 0.2) is 24.3 Å². The van der Waals surface area contributed by atoms with Gasteiger partial charge < -0.3 is 14.8 Å². The van der Waals surface area contributed by atoms with E-state index in [1.54, 1.807) is 0 Å². The van der Waals surface area contributed by atoms with Gasteiger partial charge >= 0.3 is 0 Å². The third-order valence-electron chi connectivity index (χ3n) is 3.23. The van der Waals surface area contributed by atoms with Gasteiger partial charge in [-0.15, -0.1) is 0 Å². The zero-order chi connectivity index (χ0) is 14.8. The van der Waals surface area contributed by atoms with Gasteiger partial charge in [-0.25, -0.2) is 0 Å². The Morgan fingerprint density at radius 1 is 1.10 bits per heavy atom. The lowest BCUT2D eigenvalue weighted by atomic mass is 10.0. The van der Waals surface area contributed by atoms with Gasteiger partial charge in [-0.3, -0.25) is 0 Å². The molecule has 0 aliphatic rings. The van der Waals surface area contributed by atoms with E-state index in [-0.39, 0.29) is 12.1 Å². The minimum atomic E-state index is 0.240. The Hall–Kier alpha value is -0.900. The van der Waals surface area contributed by atoms with Gasteiger partial charge in [-0.2, -0.15) is 0 Å². The Balaban J connectivity index is 2.37. The predicted octanol–water partition coefficient (Wildman–Crippen LogP) is 3.34. The van der Waals surface area contributed by atoms with Crippen molar-refractivity contribution in [1.82, 2.24) is 5.32 Å². The molecular formula is C17H29NO2. The van der Waals surface area contributed by atoms with Crippen LogP contribution in [0.4, 0.5) is 0 Å². The molecule has 0 saturated carbocycles. The first-order chi connectivity index (χ1) is 9.67. The largest absolute Gasteiger partial charge is 0.377 e. The molecule has 0 aliphatic carbocycles. The molecule has 0 aromatic heterocycles. The molecule has 0 amide bonds. The summed E-state index contributed by atoms with van der Waals surface area (Å²) in [6.45, 7) is 8.25. The minimum absolute atomic E-state index is 0.240. The number of rotatable bonds is 10. The van der Waals surface area contributed by atoms with Gasteiger partial charge in [0.25, 0.3) is 0 Å². The van der Waals surface area contributed by atoms with Gasteiger partial charge in [-0.1, -0.05) is 37.6 Å². The van der Waals surface area contributed by atoms with Crippen molar-refractivity contribution in [2.45, 2.75) is 45.8 Å². The SMILES string of the molecule is CCCc1ccc(C(COCCOC(C)C)NC)cc1. The van der Waals surface area contributed by atoms with Crippen molar-refractivity contribution in [3.05, 3.63) is 35.4 Å². The zero-order valence-electron chi connectivity index (χ0n) is 13.3. The highest BCUT2D eigenvalue weighted by Crippen LogP contribution is 2.15. The number of hydrogen-bond donors (Lipinski definition) is 1. The summed E-state index contributed by atoms with van der Waals surface area (Å²) in [7, 11) is 1.97. The van der Waals surface area contributed by atoms with E-state index in [1.165, 1.54) is 17.5 Å². The number of aryl methyl sites for hydroxylation is 1. The molecular weight excluding hydrogens is 250 g/mol. The highest BCUT2D eigenvalue weighted by atomic mass is 16.5. The maximum atomic E-state index is 5.68. The first kappa shape index (κ1) is 17.2. The van der Waals surface area contributed by atoms with E-state index in [1.807, 2.05) is 20.9 Å². The van der Waals surface area contributed by atoms with Crippen LogP contribution in [-0.4, -0.2) is 33.0 Å². The Morgan fingerprint density at radius 2 is 1.80 bits per heavy atom. The molecule has 1 N–H and O–H groups in total. The summed E-state index contributed by atoms with van der Waals surface area (Å²) in [5.41, 5.74) is 2.68. The Kier molecular flexibility index (Phi) is 8.51. The lowest BCUT2D eigenvalue weighted by molar-refractivity contribution is 0.0142. The van der Waals surface area contributed by atoms with Gasteiger partial charge in [0, 0.05) is 0 Å². The van der Waals surface area contributed by atoms with Crippen molar-refractivity contribution in [3.8, 4) is 0 Å². The van der Waals surface area contributed by atoms with E-state index in [0.717, 1.165) is 6.42 Å². The van der Waals surface area contributed by atoms with E-state index in [2.05, 4.69) is 36.5 Å². The molecule has 0 heterocycles. The summed E-state index contributed by atoms with van der Waals surface area (Å²) in [6, 6.07) is 9.06. The summed E-state index contributed by atoms with van der Waals surface area (Å²) in [5, 5.41) is 3.30. The highest BCUT2D eigenvalue weighted by molar-refractivity contribution is 5.25. The predicted molar refractivity (Wildman–Crippen MR) is 84.1 cm³/mol. The summed E-state index contributed by atoms with van der Waals surface area (Å²) in [6.07, 6.45) is 2.60. The molecule has 1 aromatic rings. The minimum Gasteiger partial charge on any atom is -0.377 e. The lowest BCUT2D eigenvalue weighted by Crippen LogP contribution is -2.23. The van der Waals surface area contributed by atoms with E-state index in [9.17, 15) is 0 Å². The second kappa shape index (κ2) is 9.92. The number of likely N-dealkylation sites (N-methyl/N-ethyl adjacent to an activating group) is 1. The van der Waals surface area contributed by atoms with Crippen LogP contribution < -0.4 is 5.32 Å². The fraction of sp³-hybridized carbons (Fsp3) is 0.647. The van der Waals surface area contributed by atoms with E-state index < -0.39 is 0 Å². The van der Waals surface area contributed by atoms with Crippen molar-refractivity contribution >= 4 is 0 Å². The van der Waals surface area contributed by atoms with Gasteiger partial charge in [0.15, 0.2) is 0 Å². The van der Waals surface area contributed by atoms with E-state index in [0.29, 0.717) is 19.8 Å². The zero-order valence-corrected chi connectivity index (χ0v) is 13.3. The van der Waals surface area contributed by atoms with Crippen molar-refractivity contribution in [2.75, 3.05) is 26.9 Å². The molecule has 3 heteroatoms. The molecule has 0 bridgehead atoms. The average molecular weight is 279 g/mol. The maximum Gasteiger partial charge on any atom is 0.0703 e. The van der Waals surface area contributed by atoms with Crippen LogP contribution in [0.1, 0.15) is 44.4 Å². The highest BCUT2D eigenvalue weighted by Gasteiger charge is 2.09. The molecule has 0 spiro atoms. The summed E-state index contributed by atoms with van der Waals surface area (Å²) in [4.78, 5) is 0. The Bertz CT molecular complexity index is 349. The van der Waals surface area contributed by atoms with Crippen LogP contribution in [0.2, 0.25) is 0 Å². The molecule has 0 radical (unpaired) electrons. The summed E-state index contributed by atoms with van der Waals surface area (Å²) >= 11 is 0. The number of nitrogens with one attached hydrogen (secondary N) is 1. The van der Waals surface area contributed by atoms with Crippen LogP contribution in [0.25, 0.3) is 0 Å². The van der Waals surface area contributed by atoms with Crippen LogP contribution >= 0.6 is 0 Å². The summed E-state index contributed by atoms with van der Waals surface area (Å²) in [5.74, 6) is 0. The fourth-order valence-electron chi connectivity index (χ4n) is 2.10. The van der Waals surface area contributed by atoms with Crippen LogP contribution in [-0.2, 0) is 15.9 Å². The average Bonchev–Trinajstić information content (AvgIpc) is 2.44.